The molecule has 0 unspecified atom stereocenters. The summed E-state index contributed by atoms with van der Waals surface area (Å²) in [6, 6.07) is 14.9. The lowest BCUT2D eigenvalue weighted by atomic mass is 10.1. The van der Waals surface area contributed by atoms with Gasteiger partial charge in [0.05, 0.1) is 19.9 Å². The predicted molar refractivity (Wildman–Crippen MR) is 108 cm³/mol. The maximum absolute atomic E-state index is 12.3. The third kappa shape index (κ3) is 6.37. The molecule has 0 heterocycles. The van der Waals surface area contributed by atoms with Gasteiger partial charge in [-0.2, -0.15) is 4.31 Å². The Morgan fingerprint density at radius 3 is 2.37 bits per heavy atom. The summed E-state index contributed by atoms with van der Waals surface area (Å²) in [7, 11) is -1.95. The van der Waals surface area contributed by atoms with Gasteiger partial charge >= 0.3 is 0 Å². The zero-order chi connectivity index (χ0) is 19.9. The van der Waals surface area contributed by atoms with Gasteiger partial charge < -0.3 is 10.1 Å². The molecule has 0 spiro atoms. The number of nitrogens with one attached hydrogen (secondary N) is 1. The van der Waals surface area contributed by atoms with Crippen LogP contribution >= 0.6 is 0 Å². The minimum Gasteiger partial charge on any atom is -0.496 e. The van der Waals surface area contributed by atoms with Crippen LogP contribution in [0.2, 0.25) is 0 Å². The minimum atomic E-state index is -3.52. The van der Waals surface area contributed by atoms with Gasteiger partial charge in [0.1, 0.15) is 5.75 Å². The zero-order valence-electron chi connectivity index (χ0n) is 15.9. The van der Waals surface area contributed by atoms with Crippen LogP contribution in [0.4, 0.5) is 5.69 Å². The average molecular weight is 391 g/mol. The van der Waals surface area contributed by atoms with E-state index >= 15 is 0 Å². The van der Waals surface area contributed by atoms with Crippen LogP contribution in [0, 0.1) is 0 Å². The maximum Gasteiger partial charge on any atom is 0.239 e. The largest absolute Gasteiger partial charge is 0.496 e. The third-order valence-corrected chi connectivity index (χ3v) is 5.51. The fraction of sp³-hybridized carbons (Fsp3) is 0.350. The van der Waals surface area contributed by atoms with Crippen molar-refractivity contribution in [2.24, 2.45) is 0 Å². The number of amides is 1. The molecule has 146 valence electrons. The summed E-state index contributed by atoms with van der Waals surface area (Å²) in [5, 5.41) is 2.75. The summed E-state index contributed by atoms with van der Waals surface area (Å²) in [5.41, 5.74) is 2.71. The number of para-hydroxylation sites is 1. The van der Waals surface area contributed by atoms with E-state index in [1.165, 1.54) is 9.87 Å². The highest BCUT2D eigenvalue weighted by Crippen LogP contribution is 2.18. The lowest BCUT2D eigenvalue weighted by molar-refractivity contribution is -0.116. The van der Waals surface area contributed by atoms with Gasteiger partial charge in [-0.15, -0.1) is 0 Å². The maximum atomic E-state index is 12.3. The monoisotopic (exact) mass is 390 g/mol. The third-order valence-electron chi connectivity index (χ3n) is 4.26. The van der Waals surface area contributed by atoms with E-state index in [9.17, 15) is 13.2 Å². The molecule has 0 atom stereocenters. The van der Waals surface area contributed by atoms with E-state index in [1.807, 2.05) is 48.5 Å². The number of rotatable bonds is 9. The van der Waals surface area contributed by atoms with Gasteiger partial charge in [0.25, 0.3) is 0 Å². The van der Waals surface area contributed by atoms with Gasteiger partial charge in [-0.1, -0.05) is 37.3 Å². The first-order valence-corrected chi connectivity index (χ1v) is 10.6. The fourth-order valence-corrected chi connectivity index (χ4v) is 3.48. The highest BCUT2D eigenvalue weighted by molar-refractivity contribution is 7.88. The number of benzene rings is 2. The number of hydrogen-bond acceptors (Lipinski definition) is 4. The van der Waals surface area contributed by atoms with E-state index in [0.29, 0.717) is 17.9 Å². The fourth-order valence-electron chi connectivity index (χ4n) is 2.70. The van der Waals surface area contributed by atoms with Crippen molar-refractivity contribution in [3.63, 3.8) is 0 Å². The SMILES string of the molecule is CCc1ccc(NC(=O)CN(CCc2ccccc2OC)S(C)(=O)=O)cc1. The molecule has 1 N–H and O–H groups in total. The Morgan fingerprint density at radius 1 is 1.11 bits per heavy atom. The summed E-state index contributed by atoms with van der Waals surface area (Å²) < 4.78 is 30.7. The van der Waals surface area contributed by atoms with Crippen molar-refractivity contribution >= 4 is 21.6 Å². The average Bonchev–Trinajstić information content (AvgIpc) is 2.65. The molecule has 2 aromatic rings. The van der Waals surface area contributed by atoms with Gasteiger partial charge in [0, 0.05) is 12.2 Å². The zero-order valence-corrected chi connectivity index (χ0v) is 16.8. The number of aryl methyl sites for hydroxylation is 1. The van der Waals surface area contributed by atoms with E-state index in [2.05, 4.69) is 12.2 Å². The van der Waals surface area contributed by atoms with Crippen LogP contribution in [0.25, 0.3) is 0 Å². The van der Waals surface area contributed by atoms with Crippen LogP contribution in [0.15, 0.2) is 48.5 Å². The molecule has 0 saturated carbocycles. The van der Waals surface area contributed by atoms with Crippen LogP contribution in [0.3, 0.4) is 0 Å². The van der Waals surface area contributed by atoms with Crippen molar-refractivity contribution in [1.29, 1.82) is 0 Å². The molecule has 2 aromatic carbocycles. The minimum absolute atomic E-state index is 0.196. The molecule has 7 heteroatoms. The highest BCUT2D eigenvalue weighted by Gasteiger charge is 2.20. The Balaban J connectivity index is 2.02. The molecule has 0 fully saturated rings. The lowest BCUT2D eigenvalue weighted by Gasteiger charge is -2.20. The smallest absolute Gasteiger partial charge is 0.239 e. The Kier molecular flexibility index (Phi) is 7.38. The van der Waals surface area contributed by atoms with Crippen molar-refractivity contribution in [1.82, 2.24) is 4.31 Å². The van der Waals surface area contributed by atoms with Crippen LogP contribution in [0.1, 0.15) is 18.1 Å². The van der Waals surface area contributed by atoms with E-state index in [1.54, 1.807) is 7.11 Å². The van der Waals surface area contributed by atoms with Gasteiger partial charge in [-0.25, -0.2) is 8.42 Å². The molecule has 0 aliphatic carbocycles. The van der Waals surface area contributed by atoms with E-state index < -0.39 is 10.0 Å². The van der Waals surface area contributed by atoms with Gasteiger partial charge in [-0.3, -0.25) is 4.79 Å². The van der Waals surface area contributed by atoms with Gasteiger partial charge in [-0.05, 0) is 42.2 Å². The molecule has 0 bridgehead atoms. The highest BCUT2D eigenvalue weighted by atomic mass is 32.2. The Labute approximate surface area is 161 Å². The molecule has 0 aliphatic rings. The second-order valence-electron chi connectivity index (χ2n) is 6.26. The Hall–Kier alpha value is -2.38. The normalized spacial score (nSPS) is 11.4. The summed E-state index contributed by atoms with van der Waals surface area (Å²) >= 11 is 0. The second kappa shape index (κ2) is 9.53. The number of anilines is 1. The molecular weight excluding hydrogens is 364 g/mol. The first-order chi connectivity index (χ1) is 12.8. The molecular formula is C20H26N2O4S. The van der Waals surface area contributed by atoms with Crippen LogP contribution in [0.5, 0.6) is 5.75 Å². The molecule has 0 aliphatic heterocycles. The first kappa shape index (κ1) is 20.9. The summed E-state index contributed by atoms with van der Waals surface area (Å²) in [6.07, 6.45) is 2.48. The Morgan fingerprint density at radius 2 is 1.78 bits per heavy atom. The molecule has 0 saturated heterocycles. The van der Waals surface area contributed by atoms with Gasteiger partial charge in [0.2, 0.25) is 15.9 Å². The standard InChI is InChI=1S/C20H26N2O4S/c1-4-16-9-11-18(12-10-16)21-20(23)15-22(27(3,24)25)14-13-17-7-5-6-8-19(17)26-2/h5-12H,4,13-15H2,1-3H3,(H,21,23). The molecule has 1 amide bonds. The van der Waals surface area contributed by atoms with E-state index in [4.69, 9.17) is 4.74 Å². The number of hydrogen-bond donors (Lipinski definition) is 1. The van der Waals surface area contributed by atoms with Crippen LogP contribution in [-0.4, -0.2) is 45.1 Å². The second-order valence-corrected chi connectivity index (χ2v) is 8.24. The Bertz CT molecular complexity index is 864. The number of sulfonamides is 1. The molecule has 0 radical (unpaired) electrons. The predicted octanol–water partition coefficient (Wildman–Crippen LogP) is 2.70. The summed E-state index contributed by atoms with van der Waals surface area (Å²) in [6.45, 7) is 2.02. The van der Waals surface area contributed by atoms with E-state index in [-0.39, 0.29) is 19.0 Å². The summed E-state index contributed by atoms with van der Waals surface area (Å²) in [4.78, 5) is 12.3. The summed E-state index contributed by atoms with van der Waals surface area (Å²) in [5.74, 6) is 0.330. The van der Waals surface area contributed by atoms with E-state index in [0.717, 1.165) is 18.2 Å². The number of methoxy groups -OCH3 is 1. The van der Waals surface area contributed by atoms with Crippen molar-refractivity contribution in [3.05, 3.63) is 59.7 Å². The number of ether oxygens (including phenoxy) is 1. The molecule has 0 aromatic heterocycles. The van der Waals surface area contributed by atoms with Gasteiger partial charge in [0.15, 0.2) is 0 Å². The first-order valence-electron chi connectivity index (χ1n) is 8.79. The quantitative estimate of drug-likeness (QED) is 0.714. The number of carbonyl (C=O) groups excluding carboxylic acids is 1. The van der Waals surface area contributed by atoms with Crippen molar-refractivity contribution in [2.45, 2.75) is 19.8 Å². The molecule has 2 rings (SSSR count). The van der Waals surface area contributed by atoms with Crippen LogP contribution in [-0.2, 0) is 27.7 Å². The molecule has 6 nitrogen and oxygen atoms in total. The van der Waals surface area contributed by atoms with Crippen molar-refractivity contribution in [3.8, 4) is 5.75 Å². The molecule has 27 heavy (non-hydrogen) atoms. The topological polar surface area (TPSA) is 75.7 Å². The van der Waals surface area contributed by atoms with Crippen LogP contribution < -0.4 is 10.1 Å². The van der Waals surface area contributed by atoms with Crippen molar-refractivity contribution in [2.75, 3.05) is 31.8 Å². The number of carbonyl (C=O) groups is 1. The lowest BCUT2D eigenvalue weighted by Crippen LogP contribution is -2.38. The van der Waals surface area contributed by atoms with Crippen molar-refractivity contribution < 1.29 is 17.9 Å². The number of nitrogens with zero attached hydrogens (tertiary/aromatic N) is 1.